The lowest BCUT2D eigenvalue weighted by molar-refractivity contribution is 0.143. The molecular formula is C12H24BrNO2S. The van der Waals surface area contributed by atoms with E-state index in [0.29, 0.717) is 12.6 Å². The standard InChI is InChI=1S/C12H24BrNO2S/c1-12(2,3)17(15,16)10-9-14(8-7-13)11-5-4-6-11/h11H,4-10H2,1-3H3. The molecule has 0 spiro atoms. The molecule has 1 aliphatic rings. The summed E-state index contributed by atoms with van der Waals surface area (Å²) in [6.45, 7) is 6.96. The summed E-state index contributed by atoms with van der Waals surface area (Å²) in [7, 11) is -2.99. The van der Waals surface area contributed by atoms with Gasteiger partial charge >= 0.3 is 0 Å². The third-order valence-corrected chi connectivity index (χ3v) is 6.48. The second kappa shape index (κ2) is 6.02. The summed E-state index contributed by atoms with van der Waals surface area (Å²) >= 11 is 3.44. The predicted molar refractivity (Wildman–Crippen MR) is 76.5 cm³/mol. The van der Waals surface area contributed by atoms with E-state index in [0.717, 1.165) is 11.9 Å². The van der Waals surface area contributed by atoms with E-state index in [1.54, 1.807) is 20.8 Å². The van der Waals surface area contributed by atoms with Crippen molar-refractivity contribution in [2.45, 2.75) is 50.8 Å². The van der Waals surface area contributed by atoms with Crippen LogP contribution >= 0.6 is 15.9 Å². The zero-order valence-corrected chi connectivity index (χ0v) is 13.5. The molecule has 1 aliphatic carbocycles. The Morgan fingerprint density at radius 1 is 1.24 bits per heavy atom. The summed E-state index contributed by atoms with van der Waals surface area (Å²) in [4.78, 5) is 2.32. The number of alkyl halides is 1. The van der Waals surface area contributed by atoms with Crippen LogP contribution in [0.25, 0.3) is 0 Å². The minimum atomic E-state index is -2.99. The Bertz CT molecular complexity index is 331. The second-order valence-electron chi connectivity index (χ2n) is 5.74. The molecule has 0 heterocycles. The SMILES string of the molecule is CC(C)(C)S(=O)(=O)CCN(CCBr)C1CCC1. The molecule has 0 unspecified atom stereocenters. The summed E-state index contributed by atoms with van der Waals surface area (Å²) < 4.78 is 23.5. The van der Waals surface area contributed by atoms with E-state index in [1.165, 1.54) is 19.3 Å². The summed E-state index contributed by atoms with van der Waals surface area (Å²) in [6.07, 6.45) is 3.74. The van der Waals surface area contributed by atoms with Crippen molar-refractivity contribution >= 4 is 25.8 Å². The highest BCUT2D eigenvalue weighted by Gasteiger charge is 2.31. The van der Waals surface area contributed by atoms with Crippen molar-refractivity contribution < 1.29 is 8.42 Å². The molecule has 1 fully saturated rings. The number of halogens is 1. The highest BCUT2D eigenvalue weighted by atomic mass is 79.9. The Kier molecular flexibility index (Phi) is 5.47. The maximum Gasteiger partial charge on any atom is 0.156 e. The molecule has 3 nitrogen and oxygen atoms in total. The van der Waals surface area contributed by atoms with Crippen molar-refractivity contribution in [1.82, 2.24) is 4.90 Å². The van der Waals surface area contributed by atoms with Gasteiger partial charge in [0, 0.05) is 24.5 Å². The molecular weight excluding hydrogens is 302 g/mol. The Balaban J connectivity index is 2.51. The smallest absolute Gasteiger partial charge is 0.156 e. The molecule has 0 aromatic heterocycles. The summed E-state index contributed by atoms with van der Waals surface area (Å²) in [5.74, 6) is 0.278. The third kappa shape index (κ3) is 4.21. The molecule has 0 aromatic rings. The minimum Gasteiger partial charge on any atom is -0.299 e. The lowest BCUT2D eigenvalue weighted by Gasteiger charge is -2.37. The van der Waals surface area contributed by atoms with Crippen LogP contribution < -0.4 is 0 Å². The first-order valence-electron chi connectivity index (χ1n) is 6.30. The zero-order valence-electron chi connectivity index (χ0n) is 11.1. The van der Waals surface area contributed by atoms with Crippen LogP contribution in [-0.4, -0.2) is 48.3 Å². The first-order chi connectivity index (χ1) is 7.78. The van der Waals surface area contributed by atoms with E-state index >= 15 is 0 Å². The monoisotopic (exact) mass is 325 g/mol. The van der Waals surface area contributed by atoms with Crippen LogP contribution in [0.2, 0.25) is 0 Å². The molecule has 0 bridgehead atoms. The van der Waals surface area contributed by atoms with E-state index in [4.69, 9.17) is 0 Å². The molecule has 1 saturated carbocycles. The fraction of sp³-hybridized carbons (Fsp3) is 1.00. The van der Waals surface area contributed by atoms with Gasteiger partial charge in [0.25, 0.3) is 0 Å². The van der Waals surface area contributed by atoms with Crippen LogP contribution in [0.4, 0.5) is 0 Å². The van der Waals surface area contributed by atoms with Gasteiger partial charge < -0.3 is 0 Å². The van der Waals surface area contributed by atoms with E-state index in [9.17, 15) is 8.42 Å². The molecule has 17 heavy (non-hydrogen) atoms. The number of rotatable bonds is 6. The highest BCUT2D eigenvalue weighted by Crippen LogP contribution is 2.25. The van der Waals surface area contributed by atoms with Crippen molar-refractivity contribution in [1.29, 1.82) is 0 Å². The lowest BCUT2D eigenvalue weighted by atomic mass is 9.91. The molecule has 102 valence electrons. The van der Waals surface area contributed by atoms with Crippen molar-refractivity contribution in [3.8, 4) is 0 Å². The van der Waals surface area contributed by atoms with Gasteiger partial charge in [-0.25, -0.2) is 8.42 Å². The molecule has 0 amide bonds. The first kappa shape index (κ1) is 15.4. The highest BCUT2D eigenvalue weighted by molar-refractivity contribution is 9.09. The van der Waals surface area contributed by atoms with Crippen LogP contribution in [0.15, 0.2) is 0 Å². The summed E-state index contributed by atoms with van der Waals surface area (Å²) in [5, 5.41) is 0.916. The Morgan fingerprint density at radius 3 is 2.18 bits per heavy atom. The number of hydrogen-bond acceptors (Lipinski definition) is 3. The van der Waals surface area contributed by atoms with Gasteiger partial charge in [0.2, 0.25) is 0 Å². The van der Waals surface area contributed by atoms with Crippen molar-refractivity contribution in [2.24, 2.45) is 0 Å². The molecule has 5 heteroatoms. The number of sulfone groups is 1. The van der Waals surface area contributed by atoms with Crippen molar-refractivity contribution in [3.63, 3.8) is 0 Å². The van der Waals surface area contributed by atoms with Gasteiger partial charge in [-0.15, -0.1) is 0 Å². The van der Waals surface area contributed by atoms with E-state index in [2.05, 4.69) is 20.8 Å². The second-order valence-corrected chi connectivity index (χ2v) is 9.40. The number of nitrogens with zero attached hydrogens (tertiary/aromatic N) is 1. The normalized spacial score (nSPS) is 18.4. The van der Waals surface area contributed by atoms with Crippen molar-refractivity contribution in [3.05, 3.63) is 0 Å². The van der Waals surface area contributed by atoms with E-state index in [1.807, 2.05) is 0 Å². The summed E-state index contributed by atoms with van der Waals surface area (Å²) in [5.41, 5.74) is 0. The van der Waals surface area contributed by atoms with Gasteiger partial charge in [-0.3, -0.25) is 4.90 Å². The molecule has 0 atom stereocenters. The Labute approximate surface area is 114 Å². The van der Waals surface area contributed by atoms with Gasteiger partial charge in [0.05, 0.1) is 10.5 Å². The van der Waals surface area contributed by atoms with Crippen LogP contribution in [0, 0.1) is 0 Å². The lowest BCUT2D eigenvalue weighted by Crippen LogP contribution is -2.45. The van der Waals surface area contributed by atoms with Crippen LogP contribution in [0.5, 0.6) is 0 Å². The largest absolute Gasteiger partial charge is 0.299 e. The molecule has 1 rings (SSSR count). The third-order valence-electron chi connectivity index (χ3n) is 3.54. The Morgan fingerprint density at radius 2 is 1.82 bits per heavy atom. The van der Waals surface area contributed by atoms with Crippen molar-refractivity contribution in [2.75, 3.05) is 24.2 Å². The average Bonchev–Trinajstić information content (AvgIpc) is 2.10. The fourth-order valence-corrected chi connectivity index (χ4v) is 3.42. The summed E-state index contributed by atoms with van der Waals surface area (Å²) in [6, 6.07) is 0.614. The van der Waals surface area contributed by atoms with Crippen LogP contribution in [0.3, 0.4) is 0 Å². The van der Waals surface area contributed by atoms with E-state index < -0.39 is 14.6 Å². The molecule has 0 aromatic carbocycles. The molecule has 0 aliphatic heterocycles. The maximum atomic E-state index is 12.1. The number of hydrogen-bond donors (Lipinski definition) is 0. The van der Waals surface area contributed by atoms with Gasteiger partial charge in [-0.05, 0) is 33.6 Å². The van der Waals surface area contributed by atoms with Gasteiger partial charge in [-0.1, -0.05) is 22.4 Å². The van der Waals surface area contributed by atoms with Crippen LogP contribution in [-0.2, 0) is 9.84 Å². The van der Waals surface area contributed by atoms with Crippen LogP contribution in [0.1, 0.15) is 40.0 Å². The van der Waals surface area contributed by atoms with E-state index in [-0.39, 0.29) is 5.75 Å². The predicted octanol–water partition coefficient (Wildman–Crippen LogP) is 2.45. The van der Waals surface area contributed by atoms with Gasteiger partial charge in [0.1, 0.15) is 0 Å². The molecule has 0 N–H and O–H groups in total. The molecule has 0 saturated heterocycles. The average molecular weight is 326 g/mol. The fourth-order valence-electron chi connectivity index (χ4n) is 1.88. The van der Waals surface area contributed by atoms with Gasteiger partial charge in [-0.2, -0.15) is 0 Å². The topological polar surface area (TPSA) is 37.4 Å². The van der Waals surface area contributed by atoms with Gasteiger partial charge in [0.15, 0.2) is 9.84 Å². The molecule has 0 radical (unpaired) electrons. The quantitative estimate of drug-likeness (QED) is 0.704. The zero-order chi connectivity index (χ0) is 13.1. The first-order valence-corrected chi connectivity index (χ1v) is 9.07. The maximum absolute atomic E-state index is 12.1. The Hall–Kier alpha value is 0.390. The minimum absolute atomic E-state index is 0.278.